The summed E-state index contributed by atoms with van der Waals surface area (Å²) in [6.07, 6.45) is 3.57. The van der Waals surface area contributed by atoms with Gasteiger partial charge in [-0.15, -0.1) is 0 Å². The highest BCUT2D eigenvalue weighted by atomic mass is 16.5. The largest absolute Gasteiger partial charge is 0.394 e. The van der Waals surface area contributed by atoms with Crippen molar-refractivity contribution in [3.8, 4) is 0 Å². The number of fused-ring (bicyclic) bond motifs is 1. The second kappa shape index (κ2) is 6.83. The molecule has 1 aromatic carbocycles. The van der Waals surface area contributed by atoms with E-state index in [0.29, 0.717) is 23.4 Å². The van der Waals surface area contributed by atoms with Crippen molar-refractivity contribution in [2.45, 2.75) is 24.9 Å². The number of nitrogens with two attached hydrogens (primary N) is 1. The van der Waals surface area contributed by atoms with E-state index in [1.54, 1.807) is 4.57 Å². The van der Waals surface area contributed by atoms with E-state index < -0.39 is 18.4 Å². The Morgan fingerprint density at radius 2 is 2.04 bits per heavy atom. The lowest BCUT2D eigenvalue weighted by Gasteiger charge is -2.15. The molecule has 8 nitrogen and oxygen atoms in total. The van der Waals surface area contributed by atoms with Crippen molar-refractivity contribution in [2.75, 3.05) is 12.3 Å². The fraction of sp³-hybridized carbons (Fsp3) is 0.278. The maximum absolute atomic E-state index is 10.1. The zero-order chi connectivity index (χ0) is 18.1. The quantitative estimate of drug-likeness (QED) is 0.645. The van der Waals surface area contributed by atoms with E-state index in [4.69, 9.17) is 10.5 Å². The predicted octanol–water partition coefficient (Wildman–Crippen LogP) is 1.22. The third kappa shape index (κ3) is 2.94. The van der Waals surface area contributed by atoms with E-state index in [0.717, 1.165) is 5.56 Å². The standard InChI is InChI=1S/C18H19N5O3/c19-17-16-18(21-10-20-17)23(15-8-12(25)13(9-24)26-15)14(22-16)7-6-11-4-2-1-3-5-11/h1-7,10,12-13,15,24-25H,8-9H2,(H2,19,20,21)/b7-6+. The number of rotatable bonds is 4. The van der Waals surface area contributed by atoms with Gasteiger partial charge in [-0.05, 0) is 11.6 Å². The molecule has 1 fully saturated rings. The third-order valence-electron chi connectivity index (χ3n) is 4.43. The van der Waals surface area contributed by atoms with Crippen LogP contribution < -0.4 is 5.73 Å². The van der Waals surface area contributed by atoms with Crippen LogP contribution in [0, 0.1) is 0 Å². The molecule has 0 saturated carbocycles. The number of hydrogen-bond donors (Lipinski definition) is 3. The molecule has 4 N–H and O–H groups in total. The average Bonchev–Trinajstić information content (AvgIpc) is 3.21. The number of nitrogens with zero attached hydrogens (tertiary/aromatic N) is 4. The van der Waals surface area contributed by atoms with Crippen LogP contribution >= 0.6 is 0 Å². The van der Waals surface area contributed by atoms with E-state index in [1.165, 1.54) is 6.33 Å². The molecule has 134 valence electrons. The van der Waals surface area contributed by atoms with E-state index in [-0.39, 0.29) is 12.4 Å². The predicted molar refractivity (Wildman–Crippen MR) is 96.7 cm³/mol. The third-order valence-corrected chi connectivity index (χ3v) is 4.43. The molecule has 3 aromatic rings. The summed E-state index contributed by atoms with van der Waals surface area (Å²) in [5, 5.41) is 19.5. The molecule has 1 aliphatic rings. The van der Waals surface area contributed by atoms with E-state index in [2.05, 4.69) is 15.0 Å². The van der Waals surface area contributed by atoms with Crippen LogP contribution in [0.15, 0.2) is 36.7 Å². The molecule has 2 aromatic heterocycles. The minimum atomic E-state index is -0.757. The number of hydrogen-bond acceptors (Lipinski definition) is 7. The Labute approximate surface area is 149 Å². The first-order valence-electron chi connectivity index (χ1n) is 8.33. The highest BCUT2D eigenvalue weighted by Gasteiger charge is 2.36. The Morgan fingerprint density at radius 3 is 2.77 bits per heavy atom. The van der Waals surface area contributed by atoms with Gasteiger partial charge in [-0.3, -0.25) is 4.57 Å². The number of aromatic nitrogens is 4. The van der Waals surface area contributed by atoms with Crippen molar-refractivity contribution in [2.24, 2.45) is 0 Å². The number of ether oxygens (including phenoxy) is 1. The highest BCUT2D eigenvalue weighted by Crippen LogP contribution is 2.33. The molecule has 26 heavy (non-hydrogen) atoms. The van der Waals surface area contributed by atoms with Gasteiger partial charge in [-0.2, -0.15) is 0 Å². The summed E-state index contributed by atoms with van der Waals surface area (Å²) in [4.78, 5) is 12.8. The summed E-state index contributed by atoms with van der Waals surface area (Å²) in [5.74, 6) is 0.868. The summed E-state index contributed by atoms with van der Waals surface area (Å²) < 4.78 is 7.58. The van der Waals surface area contributed by atoms with Crippen molar-refractivity contribution in [1.29, 1.82) is 0 Å². The first-order chi connectivity index (χ1) is 12.7. The zero-order valence-corrected chi connectivity index (χ0v) is 13.9. The number of imidazole rings is 1. The number of aliphatic hydroxyl groups excluding tert-OH is 2. The molecular weight excluding hydrogens is 334 g/mol. The first-order valence-corrected chi connectivity index (χ1v) is 8.33. The number of nitrogen functional groups attached to an aromatic ring is 1. The van der Waals surface area contributed by atoms with Crippen LogP contribution in [0.2, 0.25) is 0 Å². The molecule has 1 saturated heterocycles. The summed E-state index contributed by atoms with van der Waals surface area (Å²) in [6.45, 7) is -0.253. The lowest BCUT2D eigenvalue weighted by atomic mass is 10.2. The summed E-state index contributed by atoms with van der Waals surface area (Å²) in [7, 11) is 0. The molecule has 3 atom stereocenters. The maximum Gasteiger partial charge on any atom is 0.168 e. The van der Waals surface area contributed by atoms with Crippen LogP contribution in [0.5, 0.6) is 0 Å². The topological polar surface area (TPSA) is 119 Å². The highest BCUT2D eigenvalue weighted by molar-refractivity contribution is 5.84. The van der Waals surface area contributed by atoms with Crippen molar-refractivity contribution in [3.63, 3.8) is 0 Å². The van der Waals surface area contributed by atoms with Gasteiger partial charge < -0.3 is 20.7 Å². The minimum Gasteiger partial charge on any atom is -0.394 e. The number of benzene rings is 1. The molecule has 0 amide bonds. The smallest absolute Gasteiger partial charge is 0.168 e. The molecule has 3 heterocycles. The summed E-state index contributed by atoms with van der Waals surface area (Å²) in [5.41, 5.74) is 7.97. The molecule has 0 aliphatic carbocycles. The number of anilines is 1. The van der Waals surface area contributed by atoms with E-state index in [1.807, 2.05) is 42.5 Å². The molecular formula is C18H19N5O3. The van der Waals surface area contributed by atoms with E-state index in [9.17, 15) is 10.2 Å². The van der Waals surface area contributed by atoms with Gasteiger partial charge in [-0.1, -0.05) is 36.4 Å². The van der Waals surface area contributed by atoms with Gasteiger partial charge in [0, 0.05) is 6.42 Å². The Balaban J connectivity index is 1.79. The van der Waals surface area contributed by atoms with Gasteiger partial charge in [0.15, 0.2) is 17.0 Å². The Morgan fingerprint density at radius 1 is 1.23 bits per heavy atom. The van der Waals surface area contributed by atoms with Crippen molar-refractivity contribution >= 4 is 29.1 Å². The monoisotopic (exact) mass is 353 g/mol. The van der Waals surface area contributed by atoms with Crippen molar-refractivity contribution < 1.29 is 14.9 Å². The normalized spacial score (nSPS) is 23.2. The molecule has 0 spiro atoms. The molecule has 0 radical (unpaired) electrons. The van der Waals surface area contributed by atoms with Crippen LogP contribution in [0.3, 0.4) is 0 Å². The molecule has 8 heteroatoms. The Kier molecular flexibility index (Phi) is 4.37. The maximum atomic E-state index is 10.1. The van der Waals surface area contributed by atoms with Gasteiger partial charge in [0.25, 0.3) is 0 Å². The zero-order valence-electron chi connectivity index (χ0n) is 13.9. The SMILES string of the molecule is Nc1ncnc2c1nc(/C=C/c1ccccc1)n2C1CC(O)C(CO)O1. The molecule has 3 unspecified atom stereocenters. The Hall–Kier alpha value is -2.81. The van der Waals surface area contributed by atoms with Crippen LogP contribution in [-0.2, 0) is 4.74 Å². The van der Waals surface area contributed by atoms with Gasteiger partial charge >= 0.3 is 0 Å². The van der Waals surface area contributed by atoms with Gasteiger partial charge in [0.1, 0.15) is 24.5 Å². The van der Waals surface area contributed by atoms with Crippen LogP contribution in [0.1, 0.15) is 24.0 Å². The fourth-order valence-electron chi connectivity index (χ4n) is 3.12. The number of aliphatic hydroxyl groups is 2. The van der Waals surface area contributed by atoms with Crippen molar-refractivity contribution in [3.05, 3.63) is 48.0 Å². The Bertz CT molecular complexity index is 941. The second-order valence-electron chi connectivity index (χ2n) is 6.13. The van der Waals surface area contributed by atoms with Gasteiger partial charge in [0.2, 0.25) is 0 Å². The molecule has 1 aliphatic heterocycles. The second-order valence-corrected chi connectivity index (χ2v) is 6.13. The molecule has 0 bridgehead atoms. The van der Waals surface area contributed by atoms with Crippen LogP contribution in [-0.4, -0.2) is 48.5 Å². The summed E-state index contributed by atoms with van der Waals surface area (Å²) >= 11 is 0. The van der Waals surface area contributed by atoms with Crippen molar-refractivity contribution in [1.82, 2.24) is 19.5 Å². The van der Waals surface area contributed by atoms with E-state index >= 15 is 0 Å². The lowest BCUT2D eigenvalue weighted by molar-refractivity contribution is -0.0434. The lowest BCUT2D eigenvalue weighted by Crippen LogP contribution is -2.24. The van der Waals surface area contributed by atoms with Gasteiger partial charge in [0.05, 0.1) is 12.7 Å². The first kappa shape index (κ1) is 16.6. The fourth-order valence-corrected chi connectivity index (χ4v) is 3.12. The van der Waals surface area contributed by atoms with Crippen LogP contribution in [0.4, 0.5) is 5.82 Å². The van der Waals surface area contributed by atoms with Gasteiger partial charge in [-0.25, -0.2) is 15.0 Å². The van der Waals surface area contributed by atoms with Crippen LogP contribution in [0.25, 0.3) is 23.3 Å². The summed E-state index contributed by atoms with van der Waals surface area (Å²) in [6, 6.07) is 9.82. The molecule has 4 rings (SSSR count). The minimum absolute atomic E-state index is 0.253. The average molecular weight is 353 g/mol.